The number of benzene rings is 1. The number of carbonyl (C=O) groups is 3. The number of nitrogens with two attached hydrogens (primary N) is 1. The van der Waals surface area contributed by atoms with Gasteiger partial charge in [0.05, 0.1) is 6.04 Å². The van der Waals surface area contributed by atoms with Crippen molar-refractivity contribution >= 4 is 64.0 Å². The predicted octanol–water partition coefficient (Wildman–Crippen LogP) is -2.43. The summed E-state index contributed by atoms with van der Waals surface area (Å²) in [6.07, 6.45) is 1.41. The number of nitrogen functional groups attached to an aromatic ring is 1. The monoisotopic (exact) mass is 547 g/mol. The van der Waals surface area contributed by atoms with Gasteiger partial charge in [0.15, 0.2) is 5.82 Å². The first-order valence-corrected chi connectivity index (χ1v) is 10.9. The Labute approximate surface area is 236 Å². The van der Waals surface area contributed by atoms with Crippen LogP contribution in [0.25, 0.3) is 0 Å². The summed E-state index contributed by atoms with van der Waals surface area (Å²) in [6.45, 7) is 4.96. The number of H-pyrrole nitrogens is 1. The van der Waals surface area contributed by atoms with Gasteiger partial charge in [-0.3, -0.25) is 19.4 Å². The zero-order chi connectivity index (χ0) is 26.0. The normalized spacial score (nSPS) is 13.8. The standard InChI is InChI=1S/C19H23N7O6.C3H7.ClH.Mg/c20-19-25-15-14(17(30)26-19)23-11(8-22-15)7-21-10-3-1-9(2-4-10)16(29)24-12(18(31)32)5-6-13(27)28;1-3-2;;/h1-4,11-12,21,23H,5-8H2,(H,24,29)(H,27,28)(H,31,32)(H4,20,22,25,26,30);3H,1-2H3;1H;/q;-1;;+2/p-1/t11-,12+;;;/m1.../s1. The van der Waals surface area contributed by atoms with Crippen molar-refractivity contribution in [2.45, 2.75) is 38.8 Å². The first-order valence-electron chi connectivity index (χ1n) is 10.9. The molecule has 1 aromatic carbocycles. The molecule has 0 unspecified atom stereocenters. The zero-order valence-electron chi connectivity index (χ0n) is 20.5. The predicted molar refractivity (Wildman–Crippen MR) is 137 cm³/mol. The van der Waals surface area contributed by atoms with Gasteiger partial charge in [-0.1, -0.05) is 0 Å². The van der Waals surface area contributed by atoms with Crippen molar-refractivity contribution in [1.82, 2.24) is 15.3 Å². The number of amides is 1. The maximum Gasteiger partial charge on any atom is 2.00 e. The SMILES string of the molecule is C[CH-]C.Nc1nc2c(c(=O)[nH]1)N[C@H](CNc1ccc(C(=O)N[C@@H](CCC(=O)O)C(=O)O)cc1)CN2.[Cl-].[Mg+2]. The number of carboxylic acids is 2. The molecular formula is C22H30ClMgN7O6. The Morgan fingerprint density at radius 2 is 1.84 bits per heavy atom. The van der Waals surface area contributed by atoms with Crippen LogP contribution in [0.3, 0.4) is 0 Å². The van der Waals surface area contributed by atoms with Gasteiger partial charge >= 0.3 is 35.0 Å². The number of halogens is 1. The minimum absolute atomic E-state index is 0. The van der Waals surface area contributed by atoms with E-state index in [0.29, 0.717) is 30.3 Å². The largest absolute Gasteiger partial charge is 2.00 e. The summed E-state index contributed by atoms with van der Waals surface area (Å²) in [5.41, 5.74) is 6.40. The molecule has 0 saturated carbocycles. The van der Waals surface area contributed by atoms with Gasteiger partial charge < -0.3 is 56.0 Å². The molecule has 1 aromatic heterocycles. The Kier molecular flexibility index (Phi) is 15.1. The summed E-state index contributed by atoms with van der Waals surface area (Å²) in [6, 6.07) is 4.93. The van der Waals surface area contributed by atoms with Crippen LogP contribution in [0.15, 0.2) is 29.1 Å². The van der Waals surface area contributed by atoms with Crippen LogP contribution in [0.1, 0.15) is 37.0 Å². The summed E-state index contributed by atoms with van der Waals surface area (Å²) < 4.78 is 0. The first kappa shape index (κ1) is 33.8. The molecule has 3 rings (SSSR count). The van der Waals surface area contributed by atoms with Gasteiger partial charge in [0.1, 0.15) is 11.7 Å². The van der Waals surface area contributed by atoms with E-state index >= 15 is 0 Å². The van der Waals surface area contributed by atoms with Gasteiger partial charge in [0, 0.05) is 30.8 Å². The molecule has 1 aliphatic heterocycles. The Bertz CT molecular complexity index is 1100. The fourth-order valence-corrected chi connectivity index (χ4v) is 3.10. The van der Waals surface area contributed by atoms with Crippen LogP contribution >= 0.6 is 0 Å². The van der Waals surface area contributed by atoms with Crippen molar-refractivity contribution in [2.24, 2.45) is 0 Å². The molecule has 0 fully saturated rings. The minimum Gasteiger partial charge on any atom is -1.00 e. The summed E-state index contributed by atoms with van der Waals surface area (Å²) in [4.78, 5) is 52.6. The second-order valence-electron chi connectivity index (χ2n) is 7.73. The van der Waals surface area contributed by atoms with Crippen LogP contribution in [0.5, 0.6) is 0 Å². The Hall–Kier alpha value is -3.23. The van der Waals surface area contributed by atoms with Gasteiger partial charge in [-0.05, 0) is 30.7 Å². The van der Waals surface area contributed by atoms with Crippen LogP contribution in [0.2, 0.25) is 0 Å². The van der Waals surface area contributed by atoms with Crippen molar-refractivity contribution in [1.29, 1.82) is 0 Å². The van der Waals surface area contributed by atoms with E-state index in [0.717, 1.165) is 0 Å². The molecule has 2 aromatic rings. The molecule has 198 valence electrons. The van der Waals surface area contributed by atoms with Crippen LogP contribution in [0.4, 0.5) is 23.1 Å². The molecule has 0 radical (unpaired) electrons. The molecule has 2 heterocycles. The maximum absolute atomic E-state index is 12.3. The second-order valence-corrected chi connectivity index (χ2v) is 7.73. The fraction of sp³-hybridized carbons (Fsp3) is 0.364. The number of carboxylic acid groups (broad SMARTS) is 2. The second kappa shape index (κ2) is 16.5. The van der Waals surface area contributed by atoms with E-state index in [4.69, 9.17) is 15.9 Å². The number of fused-ring (bicyclic) bond motifs is 1. The van der Waals surface area contributed by atoms with Crippen LogP contribution in [-0.4, -0.2) is 86.3 Å². The van der Waals surface area contributed by atoms with Crippen molar-refractivity contribution < 1.29 is 37.0 Å². The van der Waals surface area contributed by atoms with Gasteiger partial charge in [0.2, 0.25) is 5.95 Å². The Morgan fingerprint density at radius 1 is 1.22 bits per heavy atom. The van der Waals surface area contributed by atoms with E-state index in [2.05, 4.69) is 31.2 Å². The van der Waals surface area contributed by atoms with Crippen LogP contribution in [0, 0.1) is 6.42 Å². The van der Waals surface area contributed by atoms with E-state index in [9.17, 15) is 19.2 Å². The van der Waals surface area contributed by atoms with Crippen molar-refractivity contribution in [3.8, 4) is 0 Å². The number of anilines is 4. The molecule has 9 N–H and O–H groups in total. The number of carbonyl (C=O) groups excluding carboxylic acids is 1. The number of hydrogen-bond acceptors (Lipinski definition) is 9. The molecule has 0 bridgehead atoms. The average molecular weight is 548 g/mol. The molecule has 13 nitrogen and oxygen atoms in total. The van der Waals surface area contributed by atoms with Gasteiger partial charge in [-0.25, -0.2) is 4.79 Å². The number of rotatable bonds is 9. The molecule has 15 heteroatoms. The number of hydrogen-bond donors (Lipinski definition) is 8. The number of aromatic nitrogens is 2. The van der Waals surface area contributed by atoms with Crippen LogP contribution in [-0.2, 0) is 9.59 Å². The third-order valence-corrected chi connectivity index (χ3v) is 4.75. The maximum atomic E-state index is 12.3. The number of aliphatic carboxylic acids is 2. The van der Waals surface area contributed by atoms with Crippen molar-refractivity contribution in [3.05, 3.63) is 46.6 Å². The summed E-state index contributed by atoms with van der Waals surface area (Å²) in [7, 11) is 0. The molecular weight excluding hydrogens is 518 g/mol. The van der Waals surface area contributed by atoms with E-state index in [1.807, 2.05) is 20.3 Å². The van der Waals surface area contributed by atoms with Gasteiger partial charge in [0.25, 0.3) is 11.5 Å². The fourth-order valence-electron chi connectivity index (χ4n) is 3.10. The first-order chi connectivity index (χ1) is 16.6. The third kappa shape index (κ3) is 10.7. The molecule has 0 aliphatic carbocycles. The zero-order valence-corrected chi connectivity index (χ0v) is 22.7. The van der Waals surface area contributed by atoms with E-state index < -0.39 is 23.9 Å². The smallest absolute Gasteiger partial charge is 1.00 e. The van der Waals surface area contributed by atoms with Gasteiger partial charge in [-0.15, -0.1) is 0 Å². The third-order valence-electron chi connectivity index (χ3n) is 4.75. The van der Waals surface area contributed by atoms with Gasteiger partial charge in [-0.2, -0.15) is 18.8 Å². The van der Waals surface area contributed by atoms with Crippen molar-refractivity contribution in [3.63, 3.8) is 0 Å². The molecule has 1 amide bonds. The minimum atomic E-state index is -1.30. The van der Waals surface area contributed by atoms with Crippen molar-refractivity contribution in [2.75, 3.05) is 34.8 Å². The number of aromatic amines is 1. The molecule has 1 aliphatic rings. The summed E-state index contributed by atoms with van der Waals surface area (Å²) in [5, 5.41) is 29.5. The topological polar surface area (TPSA) is 212 Å². The molecule has 2 atom stereocenters. The average Bonchev–Trinajstić information content (AvgIpc) is 2.81. The Balaban J connectivity index is 0.00000247. The molecule has 0 saturated heterocycles. The quantitative estimate of drug-likeness (QED) is 0.122. The Morgan fingerprint density at radius 3 is 2.41 bits per heavy atom. The summed E-state index contributed by atoms with van der Waals surface area (Å²) in [5.74, 6) is -2.64. The molecule has 0 spiro atoms. The van der Waals surface area contributed by atoms with Crippen LogP contribution < -0.4 is 45.0 Å². The molecule has 37 heavy (non-hydrogen) atoms. The number of nitrogens with zero attached hydrogens (tertiary/aromatic N) is 1. The van der Waals surface area contributed by atoms with E-state index in [1.165, 1.54) is 12.1 Å². The van der Waals surface area contributed by atoms with E-state index in [1.54, 1.807) is 12.1 Å². The number of nitrogens with one attached hydrogen (secondary N) is 5. The summed E-state index contributed by atoms with van der Waals surface area (Å²) >= 11 is 0. The van der Waals surface area contributed by atoms with E-state index in [-0.39, 0.29) is 71.4 Å².